The van der Waals surface area contributed by atoms with Crippen LogP contribution in [0.3, 0.4) is 0 Å². The standard InChI is InChI=1S/C28H38N6O7S/c1-17-22-21(12-20(31-17)18-13-33(14-18)25(35)40-27(2,3)4)34(26(36)41-28(5,6)7)24-19(15-39-22)23(29-16-30-24)32-8-10-42(37,38)11-9-32/h12,16,18H,8-11,13-15H2,1-7H3. The largest absolute Gasteiger partial charge is 0.484 e. The Morgan fingerprint density at radius 2 is 1.55 bits per heavy atom. The van der Waals surface area contributed by atoms with Crippen molar-refractivity contribution in [3.63, 3.8) is 0 Å². The summed E-state index contributed by atoms with van der Waals surface area (Å²) in [6, 6.07) is 1.79. The lowest BCUT2D eigenvalue weighted by molar-refractivity contribution is 0.00785. The minimum atomic E-state index is -3.12. The molecule has 0 saturated carbocycles. The van der Waals surface area contributed by atoms with Crippen molar-refractivity contribution in [1.82, 2.24) is 19.9 Å². The Morgan fingerprint density at radius 1 is 0.952 bits per heavy atom. The van der Waals surface area contributed by atoms with Crippen molar-refractivity contribution in [2.45, 2.75) is 72.2 Å². The van der Waals surface area contributed by atoms with Crippen LogP contribution in [0, 0.1) is 6.92 Å². The average Bonchev–Trinajstić information content (AvgIpc) is 2.98. The van der Waals surface area contributed by atoms with Gasteiger partial charge in [0.15, 0.2) is 21.4 Å². The fourth-order valence-corrected chi connectivity index (χ4v) is 6.23. The SMILES string of the molecule is Cc1nc(C2CN(C(=O)OC(C)(C)C)C2)cc2c1OCc1c(N3CCS(=O)(=O)CC3)ncnc1N2C(=O)OC(C)(C)C. The summed E-state index contributed by atoms with van der Waals surface area (Å²) in [4.78, 5) is 45.0. The monoisotopic (exact) mass is 602 g/mol. The number of hydrogen-bond donors (Lipinski definition) is 0. The number of aromatic nitrogens is 3. The molecular formula is C28H38N6O7S. The van der Waals surface area contributed by atoms with Crippen molar-refractivity contribution in [2.75, 3.05) is 47.5 Å². The number of amides is 2. The number of carbonyl (C=O) groups excluding carboxylic acids is 2. The predicted molar refractivity (Wildman–Crippen MR) is 155 cm³/mol. The Balaban J connectivity index is 1.52. The highest BCUT2D eigenvalue weighted by Crippen LogP contribution is 2.44. The molecule has 0 spiro atoms. The molecule has 5 heterocycles. The van der Waals surface area contributed by atoms with Gasteiger partial charge in [-0.25, -0.2) is 32.9 Å². The van der Waals surface area contributed by atoms with E-state index in [1.54, 1.807) is 38.7 Å². The highest BCUT2D eigenvalue weighted by Gasteiger charge is 2.39. The molecule has 0 N–H and O–H groups in total. The second-order valence-corrected chi connectivity index (χ2v) is 15.1. The molecule has 0 aromatic carbocycles. The fraction of sp³-hybridized carbons (Fsp3) is 0.607. The number of sulfone groups is 1. The number of carbonyl (C=O) groups is 2. The van der Waals surface area contributed by atoms with Crippen LogP contribution in [0.5, 0.6) is 5.75 Å². The van der Waals surface area contributed by atoms with Crippen LogP contribution >= 0.6 is 0 Å². The van der Waals surface area contributed by atoms with Gasteiger partial charge in [0.05, 0.1) is 28.5 Å². The van der Waals surface area contributed by atoms with E-state index in [4.69, 9.17) is 19.2 Å². The summed E-state index contributed by atoms with van der Waals surface area (Å²) in [6.07, 6.45) is 0.328. The van der Waals surface area contributed by atoms with Crippen LogP contribution in [0.25, 0.3) is 0 Å². The molecule has 0 atom stereocenters. The van der Waals surface area contributed by atoms with Crippen molar-refractivity contribution in [2.24, 2.45) is 0 Å². The molecule has 2 amide bonds. The maximum absolute atomic E-state index is 13.8. The summed E-state index contributed by atoms with van der Waals surface area (Å²) in [6.45, 7) is 14.0. The molecule has 3 aliphatic rings. The van der Waals surface area contributed by atoms with Crippen LogP contribution < -0.4 is 14.5 Å². The minimum Gasteiger partial charge on any atom is -0.484 e. The third-order valence-corrected chi connectivity index (χ3v) is 8.64. The van der Waals surface area contributed by atoms with Crippen LogP contribution in [0.4, 0.5) is 26.9 Å². The summed E-state index contributed by atoms with van der Waals surface area (Å²) >= 11 is 0. The fourth-order valence-electron chi connectivity index (χ4n) is 5.03. The second-order valence-electron chi connectivity index (χ2n) is 12.8. The maximum atomic E-state index is 13.8. The first kappa shape index (κ1) is 29.8. The molecule has 2 saturated heterocycles. The van der Waals surface area contributed by atoms with Crippen molar-refractivity contribution in [3.05, 3.63) is 29.3 Å². The molecule has 0 aliphatic carbocycles. The van der Waals surface area contributed by atoms with Gasteiger partial charge in [-0.15, -0.1) is 0 Å². The van der Waals surface area contributed by atoms with Gasteiger partial charge in [-0.3, -0.25) is 4.98 Å². The average molecular weight is 603 g/mol. The first-order valence-electron chi connectivity index (χ1n) is 14.0. The van der Waals surface area contributed by atoms with Crippen LogP contribution in [0.1, 0.15) is 64.4 Å². The van der Waals surface area contributed by atoms with E-state index in [-0.39, 0.29) is 43.2 Å². The highest BCUT2D eigenvalue weighted by atomic mass is 32.2. The molecule has 0 bridgehead atoms. The molecule has 13 nitrogen and oxygen atoms in total. The van der Waals surface area contributed by atoms with Crippen molar-refractivity contribution >= 4 is 39.3 Å². The van der Waals surface area contributed by atoms with Crippen LogP contribution in [0.2, 0.25) is 0 Å². The quantitative estimate of drug-likeness (QED) is 0.496. The number of nitrogens with zero attached hydrogens (tertiary/aromatic N) is 6. The number of hydrogen-bond acceptors (Lipinski definition) is 11. The van der Waals surface area contributed by atoms with E-state index < -0.39 is 27.1 Å². The molecule has 14 heteroatoms. The van der Waals surface area contributed by atoms with E-state index in [9.17, 15) is 18.0 Å². The second kappa shape index (κ2) is 10.5. The van der Waals surface area contributed by atoms with Gasteiger partial charge in [0, 0.05) is 37.8 Å². The predicted octanol–water partition coefficient (Wildman–Crippen LogP) is 3.71. The highest BCUT2D eigenvalue weighted by molar-refractivity contribution is 7.91. The third kappa shape index (κ3) is 6.22. The van der Waals surface area contributed by atoms with E-state index in [0.29, 0.717) is 53.1 Å². The normalized spacial score (nSPS) is 18.7. The lowest BCUT2D eigenvalue weighted by atomic mass is 9.95. The van der Waals surface area contributed by atoms with Gasteiger partial charge >= 0.3 is 12.2 Å². The molecule has 0 radical (unpaired) electrons. The molecular weight excluding hydrogens is 564 g/mol. The first-order chi connectivity index (χ1) is 19.5. The van der Waals surface area contributed by atoms with Gasteiger partial charge in [-0.1, -0.05) is 0 Å². The summed E-state index contributed by atoms with van der Waals surface area (Å²) in [5.41, 5.74) is 0.837. The smallest absolute Gasteiger partial charge is 0.420 e. The zero-order chi connectivity index (χ0) is 30.6. The van der Waals surface area contributed by atoms with Crippen molar-refractivity contribution < 1.29 is 32.2 Å². The third-order valence-electron chi connectivity index (χ3n) is 7.03. The molecule has 2 aromatic rings. The summed E-state index contributed by atoms with van der Waals surface area (Å²) < 4.78 is 41.7. The summed E-state index contributed by atoms with van der Waals surface area (Å²) in [5.74, 6) is 1.16. The van der Waals surface area contributed by atoms with E-state index in [0.717, 1.165) is 0 Å². The van der Waals surface area contributed by atoms with E-state index >= 15 is 0 Å². The maximum Gasteiger partial charge on any atom is 0.420 e. The Hall–Kier alpha value is -3.68. The van der Waals surface area contributed by atoms with Gasteiger partial charge in [0.2, 0.25) is 0 Å². The molecule has 42 heavy (non-hydrogen) atoms. The molecule has 228 valence electrons. The molecule has 3 aliphatic heterocycles. The van der Waals surface area contributed by atoms with E-state index in [2.05, 4.69) is 9.97 Å². The molecule has 0 unspecified atom stereocenters. The van der Waals surface area contributed by atoms with Crippen LogP contribution in [-0.2, 0) is 25.9 Å². The number of aryl methyl sites for hydroxylation is 1. The van der Waals surface area contributed by atoms with Crippen LogP contribution in [0.15, 0.2) is 12.4 Å². The zero-order valence-corrected chi connectivity index (χ0v) is 25.9. The Labute approximate surface area is 246 Å². The van der Waals surface area contributed by atoms with E-state index in [1.807, 2.05) is 25.7 Å². The summed E-state index contributed by atoms with van der Waals surface area (Å²) in [7, 11) is -3.12. The van der Waals surface area contributed by atoms with Crippen molar-refractivity contribution in [1.29, 1.82) is 0 Å². The number of likely N-dealkylation sites (tertiary alicyclic amines) is 1. The van der Waals surface area contributed by atoms with Gasteiger partial charge < -0.3 is 24.0 Å². The number of fused-ring (bicyclic) bond motifs is 2. The van der Waals surface area contributed by atoms with Crippen molar-refractivity contribution in [3.8, 4) is 5.75 Å². The molecule has 2 aromatic heterocycles. The molecule has 2 fully saturated rings. The number of ether oxygens (including phenoxy) is 3. The first-order valence-corrected chi connectivity index (χ1v) is 15.8. The molecule has 5 rings (SSSR count). The zero-order valence-electron chi connectivity index (χ0n) is 25.1. The Kier molecular flexibility index (Phi) is 7.48. The van der Waals surface area contributed by atoms with Gasteiger partial charge in [0.1, 0.15) is 30.0 Å². The van der Waals surface area contributed by atoms with Gasteiger partial charge in [-0.2, -0.15) is 0 Å². The Morgan fingerprint density at radius 3 is 2.17 bits per heavy atom. The number of pyridine rings is 1. The lowest BCUT2D eigenvalue weighted by Crippen LogP contribution is -2.50. The topological polar surface area (TPSA) is 144 Å². The van der Waals surface area contributed by atoms with Gasteiger partial charge in [-0.05, 0) is 54.5 Å². The lowest BCUT2D eigenvalue weighted by Gasteiger charge is -2.39. The number of anilines is 3. The van der Waals surface area contributed by atoms with Crippen LogP contribution in [-0.4, -0.2) is 89.3 Å². The minimum absolute atomic E-state index is 0.0106. The summed E-state index contributed by atoms with van der Waals surface area (Å²) in [5, 5.41) is 0. The number of rotatable bonds is 2. The Bertz CT molecular complexity index is 1500. The van der Waals surface area contributed by atoms with Gasteiger partial charge in [0.25, 0.3) is 0 Å². The van der Waals surface area contributed by atoms with E-state index in [1.165, 1.54) is 11.2 Å².